The summed E-state index contributed by atoms with van der Waals surface area (Å²) in [6.45, 7) is 4.13. The van der Waals surface area contributed by atoms with Crippen molar-refractivity contribution in [1.82, 2.24) is 24.7 Å². The smallest absolute Gasteiger partial charge is 0.250 e. The van der Waals surface area contributed by atoms with Crippen molar-refractivity contribution >= 4 is 21.2 Å². The highest BCUT2D eigenvalue weighted by molar-refractivity contribution is 7.90. The van der Waals surface area contributed by atoms with Gasteiger partial charge in [-0.25, -0.2) is 13.4 Å². The number of aromatic nitrogens is 5. The van der Waals surface area contributed by atoms with Crippen LogP contribution in [0, 0.1) is 6.92 Å². The first-order valence-electron chi connectivity index (χ1n) is 7.00. The van der Waals surface area contributed by atoms with Crippen molar-refractivity contribution in [2.45, 2.75) is 31.3 Å². The van der Waals surface area contributed by atoms with E-state index >= 15 is 0 Å². The van der Waals surface area contributed by atoms with E-state index in [0.717, 1.165) is 5.01 Å². The Morgan fingerprint density at radius 2 is 2.04 bits per heavy atom. The minimum absolute atomic E-state index is 0.0355. The van der Waals surface area contributed by atoms with Crippen LogP contribution in [0.3, 0.4) is 0 Å². The molecule has 3 rings (SSSR count). The highest BCUT2D eigenvalue weighted by atomic mass is 32.2. The fourth-order valence-electron chi connectivity index (χ4n) is 2.21. The van der Waals surface area contributed by atoms with Crippen molar-refractivity contribution in [2.75, 3.05) is 0 Å². The van der Waals surface area contributed by atoms with E-state index in [-0.39, 0.29) is 10.9 Å². The van der Waals surface area contributed by atoms with Gasteiger partial charge in [-0.1, -0.05) is 6.07 Å². The van der Waals surface area contributed by atoms with Gasteiger partial charge in [-0.3, -0.25) is 9.55 Å². The Kier molecular flexibility index (Phi) is 4.22. The van der Waals surface area contributed by atoms with Gasteiger partial charge in [-0.15, -0.1) is 21.5 Å². The minimum atomic E-state index is -3.60. The summed E-state index contributed by atoms with van der Waals surface area (Å²) < 4.78 is 26.9. The van der Waals surface area contributed by atoms with E-state index < -0.39 is 9.84 Å². The summed E-state index contributed by atoms with van der Waals surface area (Å²) in [7, 11) is -3.60. The van der Waals surface area contributed by atoms with E-state index in [1.807, 2.05) is 19.9 Å². The van der Waals surface area contributed by atoms with E-state index in [0.29, 0.717) is 22.9 Å². The third kappa shape index (κ3) is 3.15. The summed E-state index contributed by atoms with van der Waals surface area (Å²) in [5.41, 5.74) is 0.594. The molecular formula is C14H15N5O2S2. The zero-order valence-electron chi connectivity index (χ0n) is 12.7. The molecule has 0 unspecified atom stereocenters. The summed E-state index contributed by atoms with van der Waals surface area (Å²) >= 11 is 1.37. The average molecular weight is 349 g/mol. The molecule has 0 saturated carbocycles. The zero-order chi connectivity index (χ0) is 16.4. The lowest BCUT2D eigenvalue weighted by atomic mass is 10.3. The lowest BCUT2D eigenvalue weighted by Gasteiger charge is -2.07. The quantitative estimate of drug-likeness (QED) is 0.700. The van der Waals surface area contributed by atoms with Gasteiger partial charge in [-0.2, -0.15) is 0 Å². The number of hydrogen-bond donors (Lipinski definition) is 0. The number of aryl methyl sites for hydroxylation is 1. The SMILES string of the molecule is CCn1c(-c2ccccn2)nnc1S(=O)(=O)Cc1cnc(C)s1. The molecular weight excluding hydrogens is 334 g/mol. The van der Waals surface area contributed by atoms with Crippen LogP contribution in [0.4, 0.5) is 0 Å². The second kappa shape index (κ2) is 6.17. The minimum Gasteiger partial charge on any atom is -0.297 e. The second-order valence-electron chi connectivity index (χ2n) is 4.87. The van der Waals surface area contributed by atoms with Gasteiger partial charge in [0.25, 0.3) is 0 Å². The Labute approximate surface area is 138 Å². The van der Waals surface area contributed by atoms with Crippen molar-refractivity contribution in [3.8, 4) is 11.5 Å². The fraction of sp³-hybridized carbons (Fsp3) is 0.286. The molecule has 120 valence electrons. The van der Waals surface area contributed by atoms with Crippen LogP contribution < -0.4 is 0 Å². The van der Waals surface area contributed by atoms with Gasteiger partial charge in [0, 0.05) is 23.8 Å². The normalized spacial score (nSPS) is 11.7. The summed E-state index contributed by atoms with van der Waals surface area (Å²) in [6.07, 6.45) is 3.22. The largest absolute Gasteiger partial charge is 0.297 e. The number of pyridine rings is 1. The van der Waals surface area contributed by atoms with Crippen molar-refractivity contribution in [2.24, 2.45) is 0 Å². The predicted molar refractivity (Wildman–Crippen MR) is 86.7 cm³/mol. The number of thiazole rings is 1. The van der Waals surface area contributed by atoms with Crippen LogP contribution >= 0.6 is 11.3 Å². The van der Waals surface area contributed by atoms with Gasteiger partial charge in [0.1, 0.15) is 5.69 Å². The Hall–Kier alpha value is -2.13. The van der Waals surface area contributed by atoms with Crippen LogP contribution in [0.25, 0.3) is 11.5 Å². The summed E-state index contributed by atoms with van der Waals surface area (Å²) in [5, 5.41) is 8.74. The van der Waals surface area contributed by atoms with E-state index in [4.69, 9.17) is 0 Å². The van der Waals surface area contributed by atoms with Crippen LogP contribution in [0.2, 0.25) is 0 Å². The Balaban J connectivity index is 2.01. The number of nitrogens with zero attached hydrogens (tertiary/aromatic N) is 5. The first-order valence-corrected chi connectivity index (χ1v) is 9.47. The van der Waals surface area contributed by atoms with Gasteiger partial charge < -0.3 is 0 Å². The molecule has 0 bridgehead atoms. The highest BCUT2D eigenvalue weighted by Gasteiger charge is 2.26. The molecule has 0 aliphatic carbocycles. The average Bonchev–Trinajstić information content (AvgIpc) is 3.14. The molecule has 0 radical (unpaired) electrons. The first kappa shape index (κ1) is 15.8. The van der Waals surface area contributed by atoms with Crippen LogP contribution in [0.5, 0.6) is 0 Å². The van der Waals surface area contributed by atoms with E-state index in [1.54, 1.807) is 29.1 Å². The molecule has 3 aromatic rings. The van der Waals surface area contributed by atoms with Crippen LogP contribution in [0.15, 0.2) is 35.7 Å². The maximum atomic E-state index is 12.7. The molecule has 0 aromatic carbocycles. The maximum absolute atomic E-state index is 12.7. The molecule has 0 spiro atoms. The van der Waals surface area contributed by atoms with Gasteiger partial charge in [-0.05, 0) is 26.0 Å². The fourth-order valence-corrected chi connectivity index (χ4v) is 4.80. The third-order valence-electron chi connectivity index (χ3n) is 3.21. The third-order valence-corrected chi connectivity index (χ3v) is 5.85. The molecule has 0 atom stereocenters. The summed E-state index contributed by atoms with van der Waals surface area (Å²) in [4.78, 5) is 8.99. The van der Waals surface area contributed by atoms with Gasteiger partial charge in [0.05, 0.1) is 10.8 Å². The Morgan fingerprint density at radius 1 is 1.22 bits per heavy atom. The molecule has 0 saturated heterocycles. The van der Waals surface area contributed by atoms with Crippen LogP contribution in [-0.2, 0) is 22.1 Å². The van der Waals surface area contributed by atoms with Crippen molar-refractivity contribution in [3.63, 3.8) is 0 Å². The lowest BCUT2D eigenvalue weighted by molar-refractivity contribution is 0.568. The van der Waals surface area contributed by atoms with Crippen LogP contribution in [-0.4, -0.2) is 33.2 Å². The van der Waals surface area contributed by atoms with E-state index in [2.05, 4.69) is 20.2 Å². The first-order chi connectivity index (χ1) is 11.0. The van der Waals surface area contributed by atoms with Gasteiger partial charge in [0.2, 0.25) is 15.0 Å². The summed E-state index contributed by atoms with van der Waals surface area (Å²) in [6, 6.07) is 5.39. The molecule has 0 aliphatic heterocycles. The van der Waals surface area contributed by atoms with Crippen molar-refractivity contribution < 1.29 is 8.42 Å². The standard InChI is InChI=1S/C14H15N5O2S2/c1-3-19-13(12-6-4-5-7-15-12)17-18-14(19)23(20,21)9-11-8-16-10(2)22-11/h4-8H,3,9H2,1-2H3. The monoisotopic (exact) mass is 349 g/mol. The highest BCUT2D eigenvalue weighted by Crippen LogP contribution is 2.23. The summed E-state index contributed by atoms with van der Waals surface area (Å²) in [5.74, 6) is 0.325. The molecule has 0 fully saturated rings. The Morgan fingerprint density at radius 3 is 2.65 bits per heavy atom. The predicted octanol–water partition coefficient (Wildman–Crippen LogP) is 2.10. The molecule has 3 heterocycles. The number of rotatable bonds is 5. The zero-order valence-corrected chi connectivity index (χ0v) is 14.3. The molecule has 0 N–H and O–H groups in total. The Bertz CT molecular complexity index is 916. The van der Waals surface area contributed by atoms with E-state index in [9.17, 15) is 8.42 Å². The molecule has 23 heavy (non-hydrogen) atoms. The van der Waals surface area contributed by atoms with Crippen molar-refractivity contribution in [1.29, 1.82) is 0 Å². The number of hydrogen-bond acceptors (Lipinski definition) is 7. The van der Waals surface area contributed by atoms with Gasteiger partial charge in [0.15, 0.2) is 5.82 Å². The molecule has 7 nitrogen and oxygen atoms in total. The molecule has 3 aromatic heterocycles. The van der Waals surface area contributed by atoms with Crippen molar-refractivity contribution in [3.05, 3.63) is 40.5 Å². The van der Waals surface area contributed by atoms with Crippen LogP contribution in [0.1, 0.15) is 16.8 Å². The lowest BCUT2D eigenvalue weighted by Crippen LogP contribution is -2.13. The molecule has 0 aliphatic rings. The molecule has 0 amide bonds. The topological polar surface area (TPSA) is 90.6 Å². The van der Waals surface area contributed by atoms with Gasteiger partial charge >= 0.3 is 0 Å². The maximum Gasteiger partial charge on any atom is 0.250 e. The number of sulfone groups is 1. The molecule has 9 heteroatoms. The van der Waals surface area contributed by atoms with E-state index in [1.165, 1.54) is 11.3 Å². The second-order valence-corrected chi connectivity index (χ2v) is 8.07.